The van der Waals surface area contributed by atoms with E-state index < -0.39 is 11.7 Å². The Morgan fingerprint density at radius 3 is 2.65 bits per heavy atom. The van der Waals surface area contributed by atoms with Gasteiger partial charge in [-0.3, -0.25) is 14.6 Å². The van der Waals surface area contributed by atoms with Gasteiger partial charge in [-0.25, -0.2) is 14.8 Å². The average Bonchev–Trinajstić information content (AvgIpc) is 3.70. The monoisotopic (exact) mass is 688 g/mol. The third-order valence-electron chi connectivity index (χ3n) is 7.60. The molecule has 1 aliphatic heterocycles. The molecule has 1 atom stereocenters. The number of carbonyl (C=O) groups is 3. The molecule has 48 heavy (non-hydrogen) atoms. The SMILES string of the molecule is C=Cc1csc(C(=O)Nc2cccc(-c3nccc(-c4ccc(CN(C[C@@H]5CCC(=O)N5)C(=O)OC(C)(C)C)c(OC)n4)c3Cl)c2C)n1. The van der Waals surface area contributed by atoms with Crippen LogP contribution in [0, 0.1) is 6.92 Å². The molecule has 0 spiro atoms. The lowest BCUT2D eigenvalue weighted by molar-refractivity contribution is -0.119. The van der Waals surface area contributed by atoms with Crippen molar-refractivity contribution in [3.63, 3.8) is 0 Å². The minimum Gasteiger partial charge on any atom is -0.481 e. The van der Waals surface area contributed by atoms with Crippen molar-refractivity contribution >= 4 is 52.6 Å². The number of rotatable bonds is 10. The number of halogens is 1. The number of nitrogens with zero attached hydrogens (tertiary/aromatic N) is 4. The van der Waals surface area contributed by atoms with Gasteiger partial charge in [-0.1, -0.05) is 30.3 Å². The molecule has 0 radical (unpaired) electrons. The number of hydrogen-bond donors (Lipinski definition) is 2. The number of nitrogens with one attached hydrogen (secondary N) is 2. The maximum atomic E-state index is 13.2. The number of hydrogen-bond acceptors (Lipinski definition) is 9. The number of amides is 3. The minimum atomic E-state index is -0.698. The highest BCUT2D eigenvalue weighted by atomic mass is 35.5. The Balaban J connectivity index is 1.42. The molecule has 5 rings (SSSR count). The fourth-order valence-electron chi connectivity index (χ4n) is 5.25. The van der Waals surface area contributed by atoms with E-state index in [1.807, 2.05) is 37.3 Å². The van der Waals surface area contributed by atoms with E-state index in [0.29, 0.717) is 62.6 Å². The van der Waals surface area contributed by atoms with E-state index in [-0.39, 0.29) is 30.9 Å². The second kappa shape index (κ2) is 14.5. The molecule has 13 heteroatoms. The van der Waals surface area contributed by atoms with E-state index in [2.05, 4.69) is 27.2 Å². The molecular formula is C35H37ClN6O5S. The predicted molar refractivity (Wildman–Crippen MR) is 187 cm³/mol. The molecule has 3 amide bonds. The summed E-state index contributed by atoms with van der Waals surface area (Å²) in [5.74, 6) is -0.0459. The Morgan fingerprint density at radius 1 is 1.19 bits per heavy atom. The molecule has 1 aromatic carbocycles. The highest BCUT2D eigenvalue weighted by Gasteiger charge is 2.29. The van der Waals surface area contributed by atoms with E-state index >= 15 is 0 Å². The summed E-state index contributed by atoms with van der Waals surface area (Å²) in [5, 5.41) is 8.32. The molecule has 2 N–H and O–H groups in total. The van der Waals surface area contributed by atoms with E-state index in [4.69, 9.17) is 26.1 Å². The quantitative estimate of drug-likeness (QED) is 0.179. The molecular weight excluding hydrogens is 652 g/mol. The molecule has 0 saturated carbocycles. The zero-order valence-electron chi connectivity index (χ0n) is 27.4. The zero-order chi connectivity index (χ0) is 34.6. The van der Waals surface area contributed by atoms with Crippen molar-refractivity contribution in [3.05, 3.63) is 81.4 Å². The van der Waals surface area contributed by atoms with Gasteiger partial charge in [0.15, 0.2) is 5.01 Å². The van der Waals surface area contributed by atoms with Crippen LogP contribution < -0.4 is 15.4 Å². The third-order valence-corrected chi connectivity index (χ3v) is 8.84. The molecule has 11 nitrogen and oxygen atoms in total. The molecule has 1 fully saturated rings. The molecule has 4 aromatic rings. The average molecular weight is 689 g/mol. The third kappa shape index (κ3) is 8.00. The van der Waals surface area contributed by atoms with Gasteiger partial charge in [0.05, 0.1) is 35.8 Å². The van der Waals surface area contributed by atoms with Gasteiger partial charge in [-0.2, -0.15) is 0 Å². The van der Waals surface area contributed by atoms with Crippen LogP contribution in [0.4, 0.5) is 10.5 Å². The summed E-state index contributed by atoms with van der Waals surface area (Å²) in [6, 6.07) is 10.8. The maximum absolute atomic E-state index is 13.2. The summed E-state index contributed by atoms with van der Waals surface area (Å²) < 4.78 is 11.4. The Morgan fingerprint density at radius 2 is 1.98 bits per heavy atom. The number of anilines is 1. The minimum absolute atomic E-state index is 0.0361. The Kier molecular flexibility index (Phi) is 10.4. The summed E-state index contributed by atoms with van der Waals surface area (Å²) in [7, 11) is 1.51. The normalized spacial score (nSPS) is 14.3. The molecule has 0 bridgehead atoms. The van der Waals surface area contributed by atoms with Crippen molar-refractivity contribution in [2.45, 2.75) is 58.7 Å². The number of benzene rings is 1. The van der Waals surface area contributed by atoms with Gasteiger partial charge >= 0.3 is 6.09 Å². The molecule has 1 saturated heterocycles. The van der Waals surface area contributed by atoms with Crippen LogP contribution in [0.3, 0.4) is 0 Å². The van der Waals surface area contributed by atoms with Gasteiger partial charge in [0.2, 0.25) is 11.8 Å². The lowest BCUT2D eigenvalue weighted by Gasteiger charge is -2.29. The van der Waals surface area contributed by atoms with Crippen molar-refractivity contribution in [1.29, 1.82) is 0 Å². The van der Waals surface area contributed by atoms with Crippen LogP contribution in [-0.4, -0.2) is 63.1 Å². The summed E-state index contributed by atoms with van der Waals surface area (Å²) in [6.07, 6.45) is 3.79. The number of aromatic nitrogens is 3. The molecule has 1 aliphatic rings. The summed E-state index contributed by atoms with van der Waals surface area (Å²) in [5.41, 5.74) is 4.40. The van der Waals surface area contributed by atoms with Crippen molar-refractivity contribution in [1.82, 2.24) is 25.2 Å². The molecule has 0 aliphatic carbocycles. The van der Waals surface area contributed by atoms with Crippen molar-refractivity contribution < 1.29 is 23.9 Å². The number of methoxy groups -OCH3 is 1. The standard InChI is InChI=1S/C35H37ClN6O5S/c1-7-22-19-48-33(39-22)31(44)40-26-10-8-9-24(20(26)2)30-29(36)25(15-16-37-30)27-13-11-21(32(41-27)46-6)17-42(34(45)47-35(3,4)5)18-23-12-14-28(43)38-23/h7-11,13,15-16,19,23H,1,12,14,17-18H2,2-6H3,(H,38,43)(H,40,44)/t23-/m0/s1. The van der Waals surface area contributed by atoms with Gasteiger partial charge in [-0.15, -0.1) is 11.3 Å². The van der Waals surface area contributed by atoms with Gasteiger partial charge < -0.3 is 25.0 Å². The second-order valence-corrected chi connectivity index (χ2v) is 13.5. The summed E-state index contributed by atoms with van der Waals surface area (Å²) in [4.78, 5) is 53.1. The highest BCUT2D eigenvalue weighted by molar-refractivity contribution is 7.11. The van der Waals surface area contributed by atoms with E-state index in [1.165, 1.54) is 18.4 Å². The fourth-order valence-corrected chi connectivity index (χ4v) is 6.26. The first-order valence-corrected chi connectivity index (χ1v) is 16.6. The maximum Gasteiger partial charge on any atom is 0.410 e. The van der Waals surface area contributed by atoms with Crippen LogP contribution >= 0.6 is 22.9 Å². The van der Waals surface area contributed by atoms with E-state index in [1.54, 1.807) is 49.4 Å². The smallest absolute Gasteiger partial charge is 0.410 e. The van der Waals surface area contributed by atoms with Gasteiger partial charge in [0.1, 0.15) is 5.60 Å². The molecule has 0 unspecified atom stereocenters. The topological polar surface area (TPSA) is 136 Å². The van der Waals surface area contributed by atoms with Crippen LogP contribution in [-0.2, 0) is 16.1 Å². The van der Waals surface area contributed by atoms with Gasteiger partial charge in [0, 0.05) is 53.0 Å². The predicted octanol–water partition coefficient (Wildman–Crippen LogP) is 7.15. The molecule has 3 aromatic heterocycles. The largest absolute Gasteiger partial charge is 0.481 e. The van der Waals surface area contributed by atoms with Gasteiger partial charge in [-0.05, 0) is 70.0 Å². The van der Waals surface area contributed by atoms with E-state index in [9.17, 15) is 14.4 Å². The highest BCUT2D eigenvalue weighted by Crippen LogP contribution is 2.38. The first-order valence-electron chi connectivity index (χ1n) is 15.3. The van der Waals surface area contributed by atoms with Crippen LogP contribution in [0.15, 0.2) is 54.6 Å². The lowest BCUT2D eigenvalue weighted by Crippen LogP contribution is -2.43. The summed E-state index contributed by atoms with van der Waals surface area (Å²) >= 11 is 8.24. The zero-order valence-corrected chi connectivity index (χ0v) is 29.0. The Bertz CT molecular complexity index is 1870. The molecule has 250 valence electrons. The number of thiazole rings is 1. The Labute approximate surface area is 288 Å². The fraction of sp³-hybridized carbons (Fsp3) is 0.314. The van der Waals surface area contributed by atoms with Crippen LogP contribution in [0.25, 0.3) is 28.6 Å². The Hall–Kier alpha value is -4.81. The van der Waals surface area contributed by atoms with Crippen molar-refractivity contribution in [2.24, 2.45) is 0 Å². The van der Waals surface area contributed by atoms with Crippen LogP contribution in [0.1, 0.15) is 60.2 Å². The van der Waals surface area contributed by atoms with Crippen LogP contribution in [0.2, 0.25) is 5.02 Å². The second-order valence-electron chi connectivity index (χ2n) is 12.3. The van der Waals surface area contributed by atoms with E-state index in [0.717, 1.165) is 11.1 Å². The van der Waals surface area contributed by atoms with Crippen molar-refractivity contribution in [3.8, 4) is 28.4 Å². The van der Waals surface area contributed by atoms with Crippen LogP contribution in [0.5, 0.6) is 5.88 Å². The van der Waals surface area contributed by atoms with Gasteiger partial charge in [0.25, 0.3) is 5.91 Å². The first kappa shape index (κ1) is 34.5. The molecule has 4 heterocycles. The van der Waals surface area contributed by atoms with Crippen molar-refractivity contribution in [2.75, 3.05) is 19.0 Å². The number of carbonyl (C=O) groups excluding carboxylic acids is 3. The number of ether oxygens (including phenoxy) is 2. The lowest BCUT2D eigenvalue weighted by atomic mass is 10.0. The number of pyridine rings is 2. The summed E-state index contributed by atoms with van der Waals surface area (Å²) in [6.45, 7) is 11.4. The first-order chi connectivity index (χ1) is 22.9.